The zero-order chi connectivity index (χ0) is 10.8. The molecule has 0 spiro atoms. The van der Waals surface area contributed by atoms with Crippen molar-refractivity contribution in [2.75, 3.05) is 6.61 Å². The molecule has 0 aliphatic rings. The monoisotopic (exact) mass is 219 g/mol. The first-order valence-electron chi connectivity index (χ1n) is 4.07. The van der Waals surface area contributed by atoms with Gasteiger partial charge in [-0.1, -0.05) is 0 Å². The van der Waals surface area contributed by atoms with E-state index < -0.39 is 16.1 Å². The molecule has 0 fully saturated rings. The number of nitrogens with zero attached hydrogens (tertiary/aromatic N) is 2. The lowest BCUT2D eigenvalue weighted by Gasteiger charge is -2.09. The number of rotatable bonds is 4. The van der Waals surface area contributed by atoms with Crippen LogP contribution in [0, 0.1) is 0 Å². The van der Waals surface area contributed by atoms with Crippen LogP contribution in [0.15, 0.2) is 17.3 Å². The molecule has 1 atom stereocenters. The van der Waals surface area contributed by atoms with Gasteiger partial charge in [-0.05, 0) is 6.92 Å². The Morgan fingerprint density at radius 2 is 2.36 bits per heavy atom. The van der Waals surface area contributed by atoms with E-state index in [-0.39, 0.29) is 11.5 Å². The zero-order valence-electron chi connectivity index (χ0n) is 8.01. The van der Waals surface area contributed by atoms with Gasteiger partial charge in [0.2, 0.25) is 10.0 Å². The fourth-order valence-electron chi connectivity index (χ4n) is 0.908. The summed E-state index contributed by atoms with van der Waals surface area (Å²) >= 11 is 0. The van der Waals surface area contributed by atoms with Crippen LogP contribution in [0.5, 0.6) is 0 Å². The van der Waals surface area contributed by atoms with Crippen LogP contribution >= 0.6 is 0 Å². The highest BCUT2D eigenvalue weighted by Crippen LogP contribution is 2.06. The quantitative estimate of drug-likeness (QED) is 0.686. The number of aromatic nitrogens is 2. The SMILES string of the molecule is C[C@@H](CO)NS(=O)(=O)c1cnn(C)c1. The van der Waals surface area contributed by atoms with E-state index in [1.54, 1.807) is 14.0 Å². The topological polar surface area (TPSA) is 84.2 Å². The third-order valence-corrected chi connectivity index (χ3v) is 3.17. The Morgan fingerprint density at radius 3 is 2.79 bits per heavy atom. The summed E-state index contributed by atoms with van der Waals surface area (Å²) in [6.07, 6.45) is 2.65. The van der Waals surface area contributed by atoms with Crippen molar-refractivity contribution in [1.82, 2.24) is 14.5 Å². The summed E-state index contributed by atoms with van der Waals surface area (Å²) in [6.45, 7) is 1.34. The summed E-state index contributed by atoms with van der Waals surface area (Å²) < 4.78 is 26.8. The standard InChI is InChI=1S/C7H13N3O3S/c1-6(5-11)9-14(12,13)7-3-8-10(2)4-7/h3-4,6,9,11H,5H2,1-2H3/t6-/m0/s1. The molecule has 1 heterocycles. The first kappa shape index (κ1) is 11.2. The highest BCUT2D eigenvalue weighted by molar-refractivity contribution is 7.89. The molecule has 0 bridgehead atoms. The van der Waals surface area contributed by atoms with E-state index in [4.69, 9.17) is 5.11 Å². The van der Waals surface area contributed by atoms with Crippen LogP contribution in [0.25, 0.3) is 0 Å². The molecule has 7 heteroatoms. The van der Waals surface area contributed by atoms with Gasteiger partial charge in [0.05, 0.1) is 12.8 Å². The van der Waals surface area contributed by atoms with E-state index in [1.807, 2.05) is 0 Å². The fourth-order valence-corrected chi connectivity index (χ4v) is 2.13. The van der Waals surface area contributed by atoms with Gasteiger partial charge in [0.15, 0.2) is 0 Å². The lowest BCUT2D eigenvalue weighted by molar-refractivity contribution is 0.265. The van der Waals surface area contributed by atoms with Crippen LogP contribution in [-0.2, 0) is 17.1 Å². The van der Waals surface area contributed by atoms with Crippen LogP contribution < -0.4 is 4.72 Å². The maximum absolute atomic E-state index is 11.5. The summed E-state index contributed by atoms with van der Waals surface area (Å²) in [7, 11) is -1.91. The predicted molar refractivity (Wildman–Crippen MR) is 50.1 cm³/mol. The van der Waals surface area contributed by atoms with E-state index in [0.717, 1.165) is 0 Å². The number of aliphatic hydroxyl groups is 1. The number of nitrogens with one attached hydrogen (secondary N) is 1. The van der Waals surface area contributed by atoms with Crippen molar-refractivity contribution >= 4 is 10.0 Å². The van der Waals surface area contributed by atoms with Crippen LogP contribution in [0.1, 0.15) is 6.92 Å². The van der Waals surface area contributed by atoms with E-state index in [1.165, 1.54) is 17.1 Å². The third kappa shape index (κ3) is 2.53. The van der Waals surface area contributed by atoms with Gasteiger partial charge in [0, 0.05) is 19.3 Å². The van der Waals surface area contributed by atoms with Crippen molar-refractivity contribution in [2.45, 2.75) is 17.9 Å². The molecular weight excluding hydrogens is 206 g/mol. The summed E-state index contributed by atoms with van der Waals surface area (Å²) in [4.78, 5) is 0.0975. The minimum absolute atomic E-state index is 0.0975. The van der Waals surface area contributed by atoms with Crippen molar-refractivity contribution in [3.63, 3.8) is 0 Å². The van der Waals surface area contributed by atoms with Crippen LogP contribution in [-0.4, -0.2) is 36.0 Å². The smallest absolute Gasteiger partial charge is 0.244 e. The van der Waals surface area contributed by atoms with Gasteiger partial charge in [-0.15, -0.1) is 0 Å². The molecule has 1 rings (SSSR count). The summed E-state index contributed by atoms with van der Waals surface area (Å²) in [6, 6.07) is -0.500. The molecule has 14 heavy (non-hydrogen) atoms. The van der Waals surface area contributed by atoms with Crippen LogP contribution in [0.4, 0.5) is 0 Å². The zero-order valence-corrected chi connectivity index (χ0v) is 8.82. The van der Waals surface area contributed by atoms with Gasteiger partial charge in [-0.2, -0.15) is 5.10 Å². The second-order valence-corrected chi connectivity index (χ2v) is 4.77. The second-order valence-electron chi connectivity index (χ2n) is 3.05. The van der Waals surface area contributed by atoms with E-state index >= 15 is 0 Å². The molecule has 1 aromatic rings. The maximum Gasteiger partial charge on any atom is 0.244 e. The predicted octanol–water partition coefficient (Wildman–Crippen LogP) is -0.921. The first-order valence-corrected chi connectivity index (χ1v) is 5.56. The molecule has 0 aliphatic heterocycles. The Kier molecular flexibility index (Phi) is 3.25. The van der Waals surface area contributed by atoms with Crippen molar-refractivity contribution in [3.8, 4) is 0 Å². The number of aryl methyl sites for hydroxylation is 1. The van der Waals surface area contributed by atoms with E-state index in [9.17, 15) is 8.42 Å². The minimum atomic E-state index is -3.54. The van der Waals surface area contributed by atoms with Gasteiger partial charge in [-0.3, -0.25) is 4.68 Å². The summed E-state index contributed by atoms with van der Waals surface area (Å²) in [5, 5.41) is 12.5. The van der Waals surface area contributed by atoms with Gasteiger partial charge in [0.1, 0.15) is 4.90 Å². The third-order valence-electron chi connectivity index (χ3n) is 1.62. The lowest BCUT2D eigenvalue weighted by Crippen LogP contribution is -2.34. The molecule has 0 unspecified atom stereocenters. The molecule has 0 aliphatic carbocycles. The van der Waals surface area contributed by atoms with Gasteiger partial charge in [-0.25, -0.2) is 13.1 Å². The van der Waals surface area contributed by atoms with E-state index in [2.05, 4.69) is 9.82 Å². The van der Waals surface area contributed by atoms with Crippen molar-refractivity contribution in [3.05, 3.63) is 12.4 Å². The molecule has 1 aromatic heterocycles. The Labute approximate surface area is 82.6 Å². The molecule has 0 saturated carbocycles. The summed E-state index contributed by atoms with van der Waals surface area (Å²) in [5.41, 5.74) is 0. The Hall–Kier alpha value is -0.920. The van der Waals surface area contributed by atoms with Crippen molar-refractivity contribution < 1.29 is 13.5 Å². The first-order chi connectivity index (χ1) is 6.45. The Balaban J connectivity index is 2.86. The number of sulfonamides is 1. The van der Waals surface area contributed by atoms with Gasteiger partial charge in [0.25, 0.3) is 0 Å². The molecule has 0 amide bonds. The van der Waals surface area contributed by atoms with Crippen molar-refractivity contribution in [1.29, 1.82) is 0 Å². The van der Waals surface area contributed by atoms with E-state index in [0.29, 0.717) is 0 Å². The second kappa shape index (κ2) is 4.07. The molecule has 0 saturated heterocycles. The molecule has 6 nitrogen and oxygen atoms in total. The largest absolute Gasteiger partial charge is 0.395 e. The number of aliphatic hydroxyl groups excluding tert-OH is 1. The molecule has 0 aromatic carbocycles. The fraction of sp³-hybridized carbons (Fsp3) is 0.571. The molecular formula is C7H13N3O3S. The average molecular weight is 219 g/mol. The Morgan fingerprint density at radius 1 is 1.71 bits per heavy atom. The van der Waals surface area contributed by atoms with Gasteiger partial charge < -0.3 is 5.11 Å². The van der Waals surface area contributed by atoms with Gasteiger partial charge >= 0.3 is 0 Å². The normalized spacial score (nSPS) is 14.2. The molecule has 2 N–H and O–H groups in total. The Bertz CT molecular complexity index is 398. The average Bonchev–Trinajstić information content (AvgIpc) is 2.51. The maximum atomic E-state index is 11.5. The summed E-state index contributed by atoms with van der Waals surface area (Å²) in [5.74, 6) is 0. The van der Waals surface area contributed by atoms with Crippen molar-refractivity contribution in [2.24, 2.45) is 7.05 Å². The van der Waals surface area contributed by atoms with Crippen LogP contribution in [0.3, 0.4) is 0 Å². The molecule has 80 valence electrons. The van der Waals surface area contributed by atoms with Crippen LogP contribution in [0.2, 0.25) is 0 Å². The minimum Gasteiger partial charge on any atom is -0.395 e. The number of hydrogen-bond acceptors (Lipinski definition) is 4. The highest BCUT2D eigenvalue weighted by atomic mass is 32.2. The molecule has 0 radical (unpaired) electrons. The number of hydrogen-bond donors (Lipinski definition) is 2. The lowest BCUT2D eigenvalue weighted by atomic mass is 10.4. The highest BCUT2D eigenvalue weighted by Gasteiger charge is 2.18.